The number of carbonyl (C=O) groups excluding carboxylic acids is 2. The molecule has 3 heterocycles. The molecular weight excluding hydrogens is 540 g/mol. The zero-order valence-electron chi connectivity index (χ0n) is 26.2. The number of ether oxygens (including phenoxy) is 2. The lowest BCUT2D eigenvalue weighted by molar-refractivity contribution is -0.121. The van der Waals surface area contributed by atoms with Crippen molar-refractivity contribution in [1.82, 2.24) is 14.8 Å². The Labute approximate surface area is 255 Å². The molecule has 8 nitrogen and oxygen atoms in total. The molecule has 2 aliphatic rings. The number of amides is 2. The third-order valence-electron chi connectivity index (χ3n) is 8.48. The van der Waals surface area contributed by atoms with E-state index in [-0.39, 0.29) is 30.6 Å². The molecule has 5 rings (SSSR count). The topological polar surface area (TPSA) is 75.2 Å². The van der Waals surface area contributed by atoms with Crippen LogP contribution in [0.1, 0.15) is 57.0 Å². The van der Waals surface area contributed by atoms with E-state index in [4.69, 9.17) is 14.5 Å². The molecule has 0 bridgehead atoms. The van der Waals surface area contributed by atoms with Gasteiger partial charge in [0, 0.05) is 44.7 Å². The molecule has 3 aromatic rings. The van der Waals surface area contributed by atoms with E-state index < -0.39 is 11.0 Å². The van der Waals surface area contributed by atoms with Crippen LogP contribution in [-0.2, 0) is 26.1 Å². The maximum absolute atomic E-state index is 14.2. The minimum Gasteiger partial charge on any atom is -0.444 e. The van der Waals surface area contributed by atoms with Crippen LogP contribution in [0.2, 0.25) is 0 Å². The average molecular weight is 585 g/mol. The van der Waals surface area contributed by atoms with Gasteiger partial charge < -0.3 is 19.3 Å². The molecule has 2 aliphatic heterocycles. The van der Waals surface area contributed by atoms with Crippen molar-refractivity contribution >= 4 is 17.7 Å². The highest BCUT2D eigenvalue weighted by Crippen LogP contribution is 2.45. The Hall–Kier alpha value is -3.75. The van der Waals surface area contributed by atoms with Crippen molar-refractivity contribution in [2.45, 2.75) is 64.1 Å². The van der Waals surface area contributed by atoms with Crippen LogP contribution in [0, 0.1) is 0 Å². The standard InChI is InChI=1S/C35H44N4O4/c1-25-20-37(28(23-42-6)21-38(25)33(41)43-34(2,3)4)22-32(40)39-24-35(5,31-14-10-11-17-36-31)29-16-15-27(19-30(29)39)18-26-12-8-7-9-13-26/h7-17,19,25,28H,18,20-24H2,1-6H3/t25-,28-,35?/m1/s1. The molecular formula is C35H44N4O4. The molecule has 0 N–H and O–H groups in total. The van der Waals surface area contributed by atoms with E-state index in [0.717, 1.165) is 28.9 Å². The van der Waals surface area contributed by atoms with Gasteiger partial charge >= 0.3 is 6.09 Å². The number of nitrogens with zero attached hydrogens (tertiary/aromatic N) is 4. The monoisotopic (exact) mass is 584 g/mol. The predicted molar refractivity (Wildman–Crippen MR) is 168 cm³/mol. The largest absolute Gasteiger partial charge is 0.444 e. The molecule has 1 saturated heterocycles. The number of piperazine rings is 1. The summed E-state index contributed by atoms with van der Waals surface area (Å²) in [6.07, 6.45) is 2.27. The lowest BCUT2D eigenvalue weighted by atomic mass is 9.80. The molecule has 228 valence electrons. The number of hydrogen-bond acceptors (Lipinski definition) is 6. The van der Waals surface area contributed by atoms with Crippen molar-refractivity contribution in [3.63, 3.8) is 0 Å². The van der Waals surface area contributed by atoms with E-state index in [0.29, 0.717) is 26.2 Å². The predicted octanol–water partition coefficient (Wildman–Crippen LogP) is 5.28. The fourth-order valence-corrected chi connectivity index (χ4v) is 6.31. The van der Waals surface area contributed by atoms with Crippen LogP contribution in [0.4, 0.5) is 10.5 Å². The number of anilines is 1. The van der Waals surface area contributed by atoms with Gasteiger partial charge in [0.25, 0.3) is 0 Å². The smallest absolute Gasteiger partial charge is 0.410 e. The lowest BCUT2D eigenvalue weighted by Gasteiger charge is -2.45. The summed E-state index contributed by atoms with van der Waals surface area (Å²) in [5, 5.41) is 0. The number of aromatic nitrogens is 1. The molecule has 2 amide bonds. The molecule has 8 heteroatoms. The molecule has 1 aromatic heterocycles. The molecule has 0 radical (unpaired) electrons. The maximum Gasteiger partial charge on any atom is 0.410 e. The summed E-state index contributed by atoms with van der Waals surface area (Å²) >= 11 is 0. The SMILES string of the molecule is COC[C@H]1CN(C(=O)OC(C)(C)C)[C@H](C)CN1CC(=O)N1CC(C)(c2ccccn2)c2ccc(Cc3ccccc3)cc21. The van der Waals surface area contributed by atoms with Gasteiger partial charge in [-0.25, -0.2) is 4.79 Å². The van der Waals surface area contributed by atoms with Crippen LogP contribution in [0.5, 0.6) is 0 Å². The van der Waals surface area contributed by atoms with Crippen LogP contribution < -0.4 is 4.90 Å². The van der Waals surface area contributed by atoms with Gasteiger partial charge in [0.05, 0.1) is 30.3 Å². The maximum atomic E-state index is 14.2. The molecule has 3 atom stereocenters. The van der Waals surface area contributed by atoms with Crippen LogP contribution in [0.3, 0.4) is 0 Å². The number of methoxy groups -OCH3 is 1. The first-order valence-corrected chi connectivity index (χ1v) is 15.1. The minimum atomic E-state index is -0.580. The third-order valence-corrected chi connectivity index (χ3v) is 8.48. The Bertz CT molecular complexity index is 1420. The van der Waals surface area contributed by atoms with Crippen molar-refractivity contribution in [2.24, 2.45) is 0 Å². The highest BCUT2D eigenvalue weighted by atomic mass is 16.6. The quantitative estimate of drug-likeness (QED) is 0.376. The first-order valence-electron chi connectivity index (χ1n) is 15.1. The summed E-state index contributed by atoms with van der Waals surface area (Å²) in [4.78, 5) is 37.8. The summed E-state index contributed by atoms with van der Waals surface area (Å²) < 4.78 is 11.2. The summed E-state index contributed by atoms with van der Waals surface area (Å²) in [6.45, 7) is 11.9. The summed E-state index contributed by atoms with van der Waals surface area (Å²) in [5.74, 6) is 0.0248. The molecule has 0 spiro atoms. The van der Waals surface area contributed by atoms with Crippen molar-refractivity contribution in [3.8, 4) is 0 Å². The van der Waals surface area contributed by atoms with Crippen LogP contribution in [-0.4, -0.2) is 84.4 Å². The summed E-state index contributed by atoms with van der Waals surface area (Å²) in [6, 6.07) is 22.6. The normalized spacial score (nSPS) is 22.4. The van der Waals surface area contributed by atoms with E-state index in [1.807, 2.05) is 63.1 Å². The van der Waals surface area contributed by atoms with E-state index in [2.05, 4.69) is 54.3 Å². The molecule has 0 aliphatic carbocycles. The fraction of sp³-hybridized carbons (Fsp3) is 0.457. The van der Waals surface area contributed by atoms with E-state index in [9.17, 15) is 9.59 Å². The van der Waals surface area contributed by atoms with Gasteiger partial charge in [0.15, 0.2) is 0 Å². The van der Waals surface area contributed by atoms with Gasteiger partial charge in [-0.1, -0.05) is 48.5 Å². The number of benzene rings is 2. The summed E-state index contributed by atoms with van der Waals surface area (Å²) in [5.41, 5.74) is 4.35. The van der Waals surface area contributed by atoms with Crippen LogP contribution >= 0.6 is 0 Å². The van der Waals surface area contributed by atoms with Crippen LogP contribution in [0.25, 0.3) is 0 Å². The number of hydrogen-bond donors (Lipinski definition) is 0. The van der Waals surface area contributed by atoms with Crippen molar-refractivity contribution in [3.05, 3.63) is 95.3 Å². The molecule has 0 saturated carbocycles. The van der Waals surface area contributed by atoms with Gasteiger partial charge in [0.2, 0.25) is 5.91 Å². The fourth-order valence-electron chi connectivity index (χ4n) is 6.31. The van der Waals surface area contributed by atoms with Gasteiger partial charge in [-0.05, 0) is 75.9 Å². The third kappa shape index (κ3) is 6.76. The molecule has 43 heavy (non-hydrogen) atoms. The van der Waals surface area contributed by atoms with E-state index in [1.54, 1.807) is 12.0 Å². The average Bonchev–Trinajstić information content (AvgIpc) is 3.27. The van der Waals surface area contributed by atoms with Gasteiger partial charge in [0.1, 0.15) is 5.60 Å². The minimum absolute atomic E-state index is 0.0248. The molecule has 1 unspecified atom stereocenters. The lowest BCUT2D eigenvalue weighted by Crippen LogP contribution is -2.62. The Kier molecular flexibility index (Phi) is 8.90. The van der Waals surface area contributed by atoms with Gasteiger partial charge in [-0.3, -0.25) is 14.7 Å². The molecule has 2 aromatic carbocycles. The van der Waals surface area contributed by atoms with Gasteiger partial charge in [-0.2, -0.15) is 0 Å². The first kappa shape index (κ1) is 30.7. The number of fused-ring (bicyclic) bond motifs is 1. The Morgan fingerprint density at radius 3 is 2.42 bits per heavy atom. The number of pyridine rings is 1. The van der Waals surface area contributed by atoms with Crippen LogP contribution in [0.15, 0.2) is 72.9 Å². The van der Waals surface area contributed by atoms with E-state index in [1.165, 1.54) is 5.56 Å². The second-order valence-corrected chi connectivity index (χ2v) is 13.1. The Morgan fingerprint density at radius 2 is 1.74 bits per heavy atom. The zero-order valence-corrected chi connectivity index (χ0v) is 26.2. The Balaban J connectivity index is 1.41. The van der Waals surface area contributed by atoms with Crippen molar-refractivity contribution < 1.29 is 19.1 Å². The van der Waals surface area contributed by atoms with Crippen molar-refractivity contribution in [2.75, 3.05) is 44.8 Å². The zero-order chi connectivity index (χ0) is 30.8. The van der Waals surface area contributed by atoms with E-state index >= 15 is 0 Å². The Morgan fingerprint density at radius 1 is 1.00 bits per heavy atom. The second kappa shape index (κ2) is 12.5. The second-order valence-electron chi connectivity index (χ2n) is 13.1. The van der Waals surface area contributed by atoms with Gasteiger partial charge in [-0.15, -0.1) is 0 Å². The number of rotatable bonds is 7. The number of carbonyl (C=O) groups is 2. The summed E-state index contributed by atoms with van der Waals surface area (Å²) in [7, 11) is 1.65. The first-order chi connectivity index (χ1) is 20.5. The van der Waals surface area contributed by atoms with Crippen molar-refractivity contribution in [1.29, 1.82) is 0 Å². The highest BCUT2D eigenvalue weighted by molar-refractivity contribution is 5.98. The molecule has 1 fully saturated rings. The highest BCUT2D eigenvalue weighted by Gasteiger charge is 2.45.